The zero-order chi connectivity index (χ0) is 16.9. The van der Waals surface area contributed by atoms with E-state index in [4.69, 9.17) is 4.74 Å². The highest BCUT2D eigenvalue weighted by atomic mass is 32.1. The maximum atomic E-state index is 12.3. The highest BCUT2D eigenvalue weighted by Gasteiger charge is 2.13. The van der Waals surface area contributed by atoms with Crippen molar-refractivity contribution in [2.24, 2.45) is 4.99 Å². The standard InChI is InChI=1S/C16H14N4O3S/c1-2-23-14(21)10-20-12-5-3-4-6-13(12)24-16(20)19-15(22)11-9-17-7-8-18-11/h3-9H,2,10H2,1H3. The highest BCUT2D eigenvalue weighted by molar-refractivity contribution is 7.16. The maximum Gasteiger partial charge on any atom is 0.326 e. The number of amides is 1. The van der Waals surface area contributed by atoms with Crippen LogP contribution < -0.4 is 4.80 Å². The van der Waals surface area contributed by atoms with Crippen LogP contribution in [-0.2, 0) is 16.1 Å². The van der Waals surface area contributed by atoms with Gasteiger partial charge in [-0.1, -0.05) is 23.5 Å². The average Bonchev–Trinajstić information content (AvgIpc) is 2.93. The van der Waals surface area contributed by atoms with Crippen LogP contribution in [0, 0.1) is 0 Å². The summed E-state index contributed by atoms with van der Waals surface area (Å²) >= 11 is 1.33. The van der Waals surface area contributed by atoms with Crippen molar-refractivity contribution in [2.75, 3.05) is 6.61 Å². The predicted octanol–water partition coefficient (Wildman–Crippen LogP) is 1.80. The van der Waals surface area contributed by atoms with Gasteiger partial charge in [0.05, 0.1) is 23.0 Å². The van der Waals surface area contributed by atoms with Crippen LogP contribution in [0.2, 0.25) is 0 Å². The summed E-state index contributed by atoms with van der Waals surface area (Å²) in [6.07, 6.45) is 4.27. The number of thiazole rings is 1. The summed E-state index contributed by atoms with van der Waals surface area (Å²) in [7, 11) is 0. The van der Waals surface area contributed by atoms with Gasteiger partial charge >= 0.3 is 5.97 Å². The van der Waals surface area contributed by atoms with Crippen molar-refractivity contribution < 1.29 is 14.3 Å². The molecular formula is C16H14N4O3S. The molecule has 0 N–H and O–H groups in total. The molecule has 0 saturated heterocycles. The Kier molecular flexibility index (Phi) is 4.76. The molecule has 122 valence electrons. The average molecular weight is 342 g/mol. The lowest BCUT2D eigenvalue weighted by Crippen LogP contribution is -2.23. The van der Waals surface area contributed by atoms with Gasteiger partial charge in [-0.25, -0.2) is 4.98 Å². The minimum absolute atomic E-state index is 0.00949. The van der Waals surface area contributed by atoms with Crippen molar-refractivity contribution in [2.45, 2.75) is 13.5 Å². The summed E-state index contributed by atoms with van der Waals surface area (Å²) < 4.78 is 7.60. The van der Waals surface area contributed by atoms with Crippen LogP contribution in [0.15, 0.2) is 47.8 Å². The van der Waals surface area contributed by atoms with E-state index in [9.17, 15) is 9.59 Å². The quantitative estimate of drug-likeness (QED) is 0.675. The van der Waals surface area contributed by atoms with E-state index in [1.165, 1.54) is 29.9 Å². The van der Waals surface area contributed by atoms with Crippen LogP contribution in [-0.4, -0.2) is 33.0 Å². The molecule has 24 heavy (non-hydrogen) atoms. The number of benzene rings is 1. The second-order valence-corrected chi connectivity index (χ2v) is 5.76. The zero-order valence-corrected chi connectivity index (χ0v) is 13.7. The molecule has 0 fully saturated rings. The summed E-state index contributed by atoms with van der Waals surface area (Å²) in [4.78, 5) is 36.5. The van der Waals surface area contributed by atoms with E-state index in [2.05, 4.69) is 15.0 Å². The minimum atomic E-state index is -0.507. The van der Waals surface area contributed by atoms with Crippen molar-refractivity contribution in [3.8, 4) is 0 Å². The van der Waals surface area contributed by atoms with Crippen LogP contribution in [0.25, 0.3) is 10.2 Å². The third-order valence-corrected chi connectivity index (χ3v) is 4.22. The van der Waals surface area contributed by atoms with Crippen molar-refractivity contribution >= 4 is 33.4 Å². The van der Waals surface area contributed by atoms with Crippen molar-refractivity contribution in [1.29, 1.82) is 0 Å². The first-order valence-corrected chi connectivity index (χ1v) is 8.09. The highest BCUT2D eigenvalue weighted by Crippen LogP contribution is 2.16. The third kappa shape index (κ3) is 3.38. The molecule has 0 aliphatic heterocycles. The molecule has 2 heterocycles. The van der Waals surface area contributed by atoms with Gasteiger partial charge in [-0.15, -0.1) is 0 Å². The molecule has 3 aromatic rings. The molecule has 0 saturated carbocycles. The molecule has 0 spiro atoms. The Balaban J connectivity index is 2.08. The smallest absolute Gasteiger partial charge is 0.326 e. The lowest BCUT2D eigenvalue weighted by Gasteiger charge is -2.04. The Hall–Kier alpha value is -2.87. The Morgan fingerprint density at radius 1 is 1.29 bits per heavy atom. The fraction of sp³-hybridized carbons (Fsp3) is 0.188. The third-order valence-electron chi connectivity index (χ3n) is 3.16. The SMILES string of the molecule is CCOC(=O)Cn1c(=NC(=O)c2cnccn2)sc2ccccc21. The monoisotopic (exact) mass is 342 g/mol. The van der Waals surface area contributed by atoms with Gasteiger partial charge in [0, 0.05) is 12.4 Å². The lowest BCUT2D eigenvalue weighted by molar-refractivity contribution is -0.143. The second-order valence-electron chi connectivity index (χ2n) is 4.75. The molecular weight excluding hydrogens is 328 g/mol. The van der Waals surface area contributed by atoms with E-state index in [0.29, 0.717) is 11.4 Å². The first-order valence-electron chi connectivity index (χ1n) is 7.28. The Morgan fingerprint density at radius 3 is 2.88 bits per heavy atom. The zero-order valence-electron chi connectivity index (χ0n) is 12.9. The normalized spacial score (nSPS) is 11.6. The fourth-order valence-electron chi connectivity index (χ4n) is 2.15. The number of carbonyl (C=O) groups is 2. The lowest BCUT2D eigenvalue weighted by atomic mass is 10.3. The van der Waals surface area contributed by atoms with E-state index in [1.807, 2.05) is 24.3 Å². The Morgan fingerprint density at radius 2 is 2.12 bits per heavy atom. The molecule has 0 bridgehead atoms. The van der Waals surface area contributed by atoms with E-state index >= 15 is 0 Å². The largest absolute Gasteiger partial charge is 0.465 e. The Labute approximate surface area is 141 Å². The van der Waals surface area contributed by atoms with Gasteiger partial charge in [0.1, 0.15) is 12.2 Å². The number of carbonyl (C=O) groups excluding carboxylic acids is 2. The number of rotatable bonds is 4. The van der Waals surface area contributed by atoms with Crippen molar-refractivity contribution in [1.82, 2.24) is 14.5 Å². The maximum absolute atomic E-state index is 12.3. The number of nitrogens with zero attached hydrogens (tertiary/aromatic N) is 4. The van der Waals surface area contributed by atoms with E-state index in [-0.39, 0.29) is 18.2 Å². The predicted molar refractivity (Wildman–Crippen MR) is 88.4 cm³/mol. The molecule has 0 aliphatic rings. The molecule has 1 amide bonds. The van der Waals surface area contributed by atoms with Gasteiger partial charge in [-0.3, -0.25) is 14.6 Å². The van der Waals surface area contributed by atoms with Gasteiger partial charge in [-0.05, 0) is 19.1 Å². The van der Waals surface area contributed by atoms with Gasteiger partial charge in [0.25, 0.3) is 5.91 Å². The summed E-state index contributed by atoms with van der Waals surface area (Å²) in [5.74, 6) is -0.887. The number of para-hydroxylation sites is 1. The van der Waals surface area contributed by atoms with Crippen molar-refractivity contribution in [3.05, 3.63) is 53.4 Å². The molecule has 0 aliphatic carbocycles. The fourth-order valence-corrected chi connectivity index (χ4v) is 3.18. The first kappa shape index (κ1) is 16.0. The van der Waals surface area contributed by atoms with Crippen LogP contribution >= 0.6 is 11.3 Å². The van der Waals surface area contributed by atoms with Gasteiger partial charge in [0.15, 0.2) is 4.80 Å². The molecule has 2 aromatic heterocycles. The molecule has 0 atom stereocenters. The van der Waals surface area contributed by atoms with Crippen LogP contribution in [0.4, 0.5) is 0 Å². The first-order chi connectivity index (χ1) is 11.7. The van der Waals surface area contributed by atoms with Gasteiger partial charge < -0.3 is 9.30 Å². The molecule has 8 heteroatoms. The van der Waals surface area contributed by atoms with Gasteiger partial charge in [0.2, 0.25) is 0 Å². The molecule has 7 nitrogen and oxygen atoms in total. The number of hydrogen-bond acceptors (Lipinski definition) is 6. The van der Waals surface area contributed by atoms with Gasteiger partial charge in [-0.2, -0.15) is 4.99 Å². The summed E-state index contributed by atoms with van der Waals surface area (Å²) in [5.41, 5.74) is 0.971. The number of hydrogen-bond donors (Lipinski definition) is 0. The number of fused-ring (bicyclic) bond motifs is 1. The number of esters is 1. The van der Waals surface area contributed by atoms with E-state index in [0.717, 1.165) is 10.2 Å². The number of aromatic nitrogens is 3. The topological polar surface area (TPSA) is 86.4 Å². The molecule has 0 unspecified atom stereocenters. The minimum Gasteiger partial charge on any atom is -0.465 e. The summed E-state index contributed by atoms with van der Waals surface area (Å²) in [6, 6.07) is 7.54. The Bertz CT molecular complexity index is 947. The molecule has 1 aromatic carbocycles. The second kappa shape index (κ2) is 7.14. The van der Waals surface area contributed by atoms with Crippen LogP contribution in [0.5, 0.6) is 0 Å². The van der Waals surface area contributed by atoms with Crippen LogP contribution in [0.3, 0.4) is 0 Å². The summed E-state index contributed by atoms with van der Waals surface area (Å²) in [6.45, 7) is 2.04. The van der Waals surface area contributed by atoms with E-state index < -0.39 is 5.91 Å². The van der Waals surface area contributed by atoms with Crippen molar-refractivity contribution in [3.63, 3.8) is 0 Å². The number of ether oxygens (including phenoxy) is 1. The van der Waals surface area contributed by atoms with Crippen LogP contribution in [0.1, 0.15) is 17.4 Å². The molecule has 0 radical (unpaired) electrons. The molecule has 3 rings (SSSR count). The van der Waals surface area contributed by atoms with E-state index in [1.54, 1.807) is 11.5 Å². The summed E-state index contributed by atoms with van der Waals surface area (Å²) in [5, 5.41) is 0.